The Labute approximate surface area is 192 Å². The molecule has 0 heterocycles. The Morgan fingerprint density at radius 2 is 1.50 bits per heavy atom. The minimum Gasteiger partial charge on any atom is -0.495 e. The van der Waals surface area contributed by atoms with Crippen molar-refractivity contribution in [1.29, 1.82) is 0 Å². The van der Waals surface area contributed by atoms with Crippen molar-refractivity contribution < 1.29 is 38.0 Å². The van der Waals surface area contributed by atoms with Gasteiger partial charge in [-0.3, -0.25) is 9.59 Å². The first-order valence-corrected chi connectivity index (χ1v) is 10.1. The van der Waals surface area contributed by atoms with Crippen LogP contribution in [0.1, 0.15) is 30.9 Å². The third-order valence-electron chi connectivity index (χ3n) is 4.74. The highest BCUT2D eigenvalue weighted by atomic mass is 35.5. The second-order valence-corrected chi connectivity index (χ2v) is 7.19. The molecule has 0 spiro atoms. The van der Waals surface area contributed by atoms with E-state index in [9.17, 15) is 9.59 Å². The Morgan fingerprint density at radius 1 is 0.844 bits per heavy atom. The Morgan fingerprint density at radius 3 is 2.03 bits per heavy atom. The van der Waals surface area contributed by atoms with Gasteiger partial charge in [-0.25, -0.2) is 0 Å². The minimum atomic E-state index is -0.514. The summed E-state index contributed by atoms with van der Waals surface area (Å²) in [6.45, 7) is 2.69. The van der Waals surface area contributed by atoms with Gasteiger partial charge in [-0.15, -0.1) is 0 Å². The van der Waals surface area contributed by atoms with Gasteiger partial charge < -0.3 is 28.4 Å². The van der Waals surface area contributed by atoms with E-state index in [0.717, 1.165) is 5.56 Å². The molecule has 2 rings (SSSR count). The van der Waals surface area contributed by atoms with E-state index in [4.69, 9.17) is 40.0 Å². The molecule has 0 aliphatic rings. The zero-order chi connectivity index (χ0) is 23.8. The molecule has 1 atom stereocenters. The van der Waals surface area contributed by atoms with Crippen LogP contribution >= 0.6 is 11.6 Å². The molecule has 2 aromatic rings. The van der Waals surface area contributed by atoms with Crippen molar-refractivity contribution in [3.8, 4) is 28.7 Å². The Hall–Kier alpha value is -3.13. The first kappa shape index (κ1) is 25.1. The predicted molar refractivity (Wildman–Crippen MR) is 118 cm³/mol. The molecule has 0 aromatic heterocycles. The Kier molecular flexibility index (Phi) is 9.02. The summed E-state index contributed by atoms with van der Waals surface area (Å²) in [5.74, 6) is 0.652. The van der Waals surface area contributed by atoms with Gasteiger partial charge in [0.2, 0.25) is 0 Å². The Balaban J connectivity index is 2.61. The first-order valence-electron chi connectivity index (χ1n) is 9.72. The number of carbonyl (C=O) groups is 2. The van der Waals surface area contributed by atoms with Gasteiger partial charge in [0.15, 0.2) is 11.5 Å². The summed E-state index contributed by atoms with van der Waals surface area (Å²) in [6, 6.07) is 6.94. The summed E-state index contributed by atoms with van der Waals surface area (Å²) in [7, 11) is 5.99. The zero-order valence-corrected chi connectivity index (χ0v) is 19.7. The summed E-state index contributed by atoms with van der Waals surface area (Å²) < 4.78 is 32.3. The van der Waals surface area contributed by atoms with Crippen molar-refractivity contribution in [2.24, 2.45) is 0 Å². The molecular weight excluding hydrogens is 440 g/mol. The normalized spacial score (nSPS) is 11.3. The van der Waals surface area contributed by atoms with Crippen molar-refractivity contribution in [1.82, 2.24) is 0 Å². The molecule has 8 nitrogen and oxygen atoms in total. The molecule has 0 N–H and O–H groups in total. The van der Waals surface area contributed by atoms with Crippen molar-refractivity contribution in [3.63, 3.8) is 0 Å². The molecule has 32 heavy (non-hydrogen) atoms. The van der Waals surface area contributed by atoms with E-state index < -0.39 is 11.9 Å². The molecule has 0 fully saturated rings. The molecule has 0 bridgehead atoms. The van der Waals surface area contributed by atoms with Crippen LogP contribution in [0.4, 0.5) is 0 Å². The van der Waals surface area contributed by atoms with E-state index in [1.54, 1.807) is 19.2 Å². The fourth-order valence-electron chi connectivity index (χ4n) is 3.27. The van der Waals surface area contributed by atoms with Gasteiger partial charge in [0.05, 0.1) is 35.0 Å². The SMILES string of the molecule is COc1ccc([C@@H](COC(C)=O)Cc2c(OC(C)=O)cc(OC)c(Cl)c2OC)cc1OC. The molecule has 9 heteroatoms. The van der Waals surface area contributed by atoms with Crippen LogP contribution in [-0.2, 0) is 20.7 Å². The van der Waals surface area contributed by atoms with Gasteiger partial charge in [0, 0.05) is 31.4 Å². The molecule has 2 aromatic carbocycles. The highest BCUT2D eigenvalue weighted by Gasteiger charge is 2.26. The van der Waals surface area contributed by atoms with E-state index in [1.807, 2.05) is 6.07 Å². The molecule has 0 unspecified atom stereocenters. The summed E-state index contributed by atoms with van der Waals surface area (Å²) in [6.07, 6.45) is 0.276. The molecular formula is C23H27ClO8. The van der Waals surface area contributed by atoms with Crippen LogP contribution in [0.2, 0.25) is 5.02 Å². The fourth-order valence-corrected chi connectivity index (χ4v) is 3.59. The number of hydrogen-bond donors (Lipinski definition) is 0. The zero-order valence-electron chi connectivity index (χ0n) is 18.9. The van der Waals surface area contributed by atoms with Crippen molar-refractivity contribution in [2.45, 2.75) is 26.2 Å². The van der Waals surface area contributed by atoms with Crippen LogP contribution < -0.4 is 23.7 Å². The molecule has 0 saturated carbocycles. The molecule has 0 aliphatic heterocycles. The second kappa shape index (κ2) is 11.5. The summed E-state index contributed by atoms with van der Waals surface area (Å²) in [5.41, 5.74) is 1.34. The molecule has 0 amide bonds. The molecule has 0 radical (unpaired) electrons. The lowest BCUT2D eigenvalue weighted by atomic mass is 9.91. The standard InChI is InChI=1S/C23H27ClO8/c1-13(25)31-12-16(15-7-8-18(27-3)20(10-15)28-4)9-17-19(32-14(2)26)11-21(29-5)22(24)23(17)30-6/h7-8,10-11,16H,9,12H2,1-6H3/t16-/m1/s1. The predicted octanol–water partition coefficient (Wildman–Crippen LogP) is 4.19. The topological polar surface area (TPSA) is 89.5 Å². The van der Waals surface area contributed by atoms with E-state index in [0.29, 0.717) is 28.6 Å². The van der Waals surface area contributed by atoms with Crippen molar-refractivity contribution >= 4 is 23.5 Å². The summed E-state index contributed by atoms with van der Waals surface area (Å²) in [5, 5.41) is 0.236. The second-order valence-electron chi connectivity index (χ2n) is 6.81. The lowest BCUT2D eigenvalue weighted by Gasteiger charge is -2.23. The smallest absolute Gasteiger partial charge is 0.308 e. The number of benzene rings is 2. The van der Waals surface area contributed by atoms with Crippen LogP contribution in [0.15, 0.2) is 24.3 Å². The average molecular weight is 467 g/mol. The van der Waals surface area contributed by atoms with Crippen LogP contribution in [0.5, 0.6) is 28.7 Å². The maximum Gasteiger partial charge on any atom is 0.308 e. The fraction of sp³-hybridized carbons (Fsp3) is 0.391. The van der Waals surface area contributed by atoms with Crippen LogP contribution in [0, 0.1) is 0 Å². The van der Waals surface area contributed by atoms with Crippen molar-refractivity contribution in [3.05, 3.63) is 40.4 Å². The maximum atomic E-state index is 11.7. The van der Waals surface area contributed by atoms with Crippen LogP contribution in [-0.4, -0.2) is 47.0 Å². The van der Waals surface area contributed by atoms with Gasteiger partial charge >= 0.3 is 11.9 Å². The quantitative estimate of drug-likeness (QED) is 0.380. The van der Waals surface area contributed by atoms with E-state index in [1.165, 1.54) is 41.2 Å². The lowest BCUT2D eigenvalue weighted by Crippen LogP contribution is -2.16. The van der Waals surface area contributed by atoms with Gasteiger partial charge in [0.25, 0.3) is 0 Å². The molecule has 174 valence electrons. The van der Waals surface area contributed by atoms with Gasteiger partial charge in [-0.05, 0) is 24.1 Å². The number of halogens is 1. The number of ether oxygens (including phenoxy) is 6. The Bertz CT molecular complexity index is 973. The number of hydrogen-bond acceptors (Lipinski definition) is 8. The van der Waals surface area contributed by atoms with Gasteiger partial charge in [-0.1, -0.05) is 17.7 Å². The van der Waals surface area contributed by atoms with E-state index >= 15 is 0 Å². The number of carbonyl (C=O) groups excluding carboxylic acids is 2. The summed E-state index contributed by atoms with van der Waals surface area (Å²) in [4.78, 5) is 23.3. The number of methoxy groups -OCH3 is 4. The third-order valence-corrected chi connectivity index (χ3v) is 5.10. The number of rotatable bonds is 10. The molecule has 0 saturated heterocycles. The minimum absolute atomic E-state index is 0.0666. The summed E-state index contributed by atoms with van der Waals surface area (Å²) >= 11 is 6.45. The van der Waals surface area contributed by atoms with Gasteiger partial charge in [-0.2, -0.15) is 0 Å². The molecule has 0 aliphatic carbocycles. The number of esters is 2. The lowest BCUT2D eigenvalue weighted by molar-refractivity contribution is -0.141. The van der Waals surface area contributed by atoms with Gasteiger partial charge in [0.1, 0.15) is 22.3 Å². The van der Waals surface area contributed by atoms with E-state index in [2.05, 4.69) is 0 Å². The highest BCUT2D eigenvalue weighted by Crippen LogP contribution is 2.45. The van der Waals surface area contributed by atoms with Crippen LogP contribution in [0.3, 0.4) is 0 Å². The van der Waals surface area contributed by atoms with E-state index in [-0.39, 0.29) is 29.7 Å². The van der Waals surface area contributed by atoms with Crippen LogP contribution in [0.25, 0.3) is 0 Å². The van der Waals surface area contributed by atoms with Crippen molar-refractivity contribution in [2.75, 3.05) is 35.0 Å². The average Bonchev–Trinajstić information content (AvgIpc) is 2.77. The first-order chi connectivity index (χ1) is 15.2. The maximum absolute atomic E-state index is 11.7. The highest BCUT2D eigenvalue weighted by molar-refractivity contribution is 6.33. The third kappa shape index (κ3) is 5.97. The largest absolute Gasteiger partial charge is 0.495 e. The monoisotopic (exact) mass is 466 g/mol.